The lowest BCUT2D eigenvalue weighted by Gasteiger charge is -2.19. The Labute approximate surface area is 68.6 Å². The Hall–Kier alpha value is 0.0400. The standard InChI is InChI=1S/C5H10IN3/c1-4(8-9-7)5(2,3)6/h4H,1-3H3. The number of hydrogen-bond acceptors (Lipinski definition) is 1. The van der Waals surface area contributed by atoms with Crippen LogP contribution in [0, 0.1) is 0 Å². The van der Waals surface area contributed by atoms with Crippen molar-refractivity contribution in [3.05, 3.63) is 10.4 Å². The largest absolute Gasteiger partial charge is 0.0895 e. The minimum atomic E-state index is 0.0584. The van der Waals surface area contributed by atoms with Crippen molar-refractivity contribution in [3.8, 4) is 0 Å². The van der Waals surface area contributed by atoms with Crippen LogP contribution in [0.3, 0.4) is 0 Å². The SMILES string of the molecule is CC(N=[N+]=[N-])C(C)(C)I. The van der Waals surface area contributed by atoms with Gasteiger partial charge < -0.3 is 0 Å². The molecule has 52 valence electrons. The second-order valence-corrected chi connectivity index (χ2v) is 5.23. The highest BCUT2D eigenvalue weighted by atomic mass is 127. The van der Waals surface area contributed by atoms with Crippen LogP contribution in [0.15, 0.2) is 5.11 Å². The van der Waals surface area contributed by atoms with Crippen LogP contribution in [-0.2, 0) is 0 Å². The van der Waals surface area contributed by atoms with Gasteiger partial charge in [-0.1, -0.05) is 48.5 Å². The molecule has 3 nitrogen and oxygen atoms in total. The smallest absolute Gasteiger partial charge is 0.0486 e. The van der Waals surface area contributed by atoms with Gasteiger partial charge in [-0.15, -0.1) is 0 Å². The fraction of sp³-hybridized carbons (Fsp3) is 1.00. The summed E-state index contributed by atoms with van der Waals surface area (Å²) < 4.78 is 0.0595. The fourth-order valence-corrected chi connectivity index (χ4v) is 0.339. The molecule has 0 N–H and O–H groups in total. The molecule has 0 fully saturated rings. The van der Waals surface area contributed by atoms with Crippen molar-refractivity contribution in [1.29, 1.82) is 0 Å². The molecule has 0 spiro atoms. The number of azide groups is 1. The summed E-state index contributed by atoms with van der Waals surface area (Å²) in [6.07, 6.45) is 0. The van der Waals surface area contributed by atoms with Crippen molar-refractivity contribution in [3.63, 3.8) is 0 Å². The Kier molecular flexibility index (Phi) is 3.28. The van der Waals surface area contributed by atoms with Crippen LogP contribution in [-0.4, -0.2) is 9.46 Å². The minimum Gasteiger partial charge on any atom is -0.0895 e. The molecule has 4 heteroatoms. The Morgan fingerprint density at radius 1 is 1.67 bits per heavy atom. The monoisotopic (exact) mass is 239 g/mol. The van der Waals surface area contributed by atoms with Crippen LogP contribution in [0.1, 0.15) is 20.8 Å². The number of alkyl halides is 1. The van der Waals surface area contributed by atoms with Gasteiger partial charge in [0, 0.05) is 14.4 Å². The van der Waals surface area contributed by atoms with Crippen LogP contribution in [0.2, 0.25) is 0 Å². The van der Waals surface area contributed by atoms with Crippen molar-refractivity contribution < 1.29 is 0 Å². The highest BCUT2D eigenvalue weighted by molar-refractivity contribution is 14.1. The summed E-state index contributed by atoms with van der Waals surface area (Å²) in [5, 5.41) is 3.57. The molecule has 0 aliphatic heterocycles. The first kappa shape index (κ1) is 9.04. The van der Waals surface area contributed by atoms with Crippen LogP contribution in [0.5, 0.6) is 0 Å². The summed E-state index contributed by atoms with van der Waals surface area (Å²) in [7, 11) is 0. The Bertz CT molecular complexity index is 132. The molecule has 1 atom stereocenters. The van der Waals surface area contributed by atoms with E-state index in [0.29, 0.717) is 0 Å². The van der Waals surface area contributed by atoms with Gasteiger partial charge in [0.15, 0.2) is 0 Å². The van der Waals surface area contributed by atoms with E-state index in [1.807, 2.05) is 20.8 Å². The lowest BCUT2D eigenvalue weighted by molar-refractivity contribution is 0.601. The van der Waals surface area contributed by atoms with E-state index >= 15 is 0 Å². The summed E-state index contributed by atoms with van der Waals surface area (Å²) in [6.45, 7) is 5.98. The average Bonchev–Trinajstić information content (AvgIpc) is 1.64. The van der Waals surface area contributed by atoms with Crippen molar-refractivity contribution in [1.82, 2.24) is 0 Å². The zero-order valence-corrected chi connectivity index (χ0v) is 7.95. The summed E-state index contributed by atoms with van der Waals surface area (Å²) >= 11 is 2.26. The lowest BCUT2D eigenvalue weighted by atomic mass is 10.1. The highest BCUT2D eigenvalue weighted by Gasteiger charge is 2.19. The maximum Gasteiger partial charge on any atom is 0.0486 e. The average molecular weight is 239 g/mol. The van der Waals surface area contributed by atoms with Gasteiger partial charge in [0.1, 0.15) is 0 Å². The van der Waals surface area contributed by atoms with Crippen LogP contribution >= 0.6 is 22.6 Å². The molecule has 0 aromatic heterocycles. The minimum absolute atomic E-state index is 0.0584. The molecule has 0 heterocycles. The molecule has 1 unspecified atom stereocenters. The Morgan fingerprint density at radius 3 is 2.22 bits per heavy atom. The predicted molar refractivity (Wildman–Crippen MR) is 46.7 cm³/mol. The second kappa shape index (κ2) is 3.27. The highest BCUT2D eigenvalue weighted by Crippen LogP contribution is 2.23. The third kappa shape index (κ3) is 3.59. The van der Waals surface area contributed by atoms with Crippen molar-refractivity contribution >= 4 is 22.6 Å². The van der Waals surface area contributed by atoms with E-state index in [4.69, 9.17) is 5.53 Å². The third-order valence-corrected chi connectivity index (χ3v) is 2.12. The first-order chi connectivity index (χ1) is 3.98. The summed E-state index contributed by atoms with van der Waals surface area (Å²) in [5.74, 6) is 0. The molecule has 0 amide bonds. The number of halogens is 1. The van der Waals surface area contributed by atoms with E-state index < -0.39 is 0 Å². The third-order valence-electron chi connectivity index (χ3n) is 1.22. The van der Waals surface area contributed by atoms with Crippen molar-refractivity contribution in [2.24, 2.45) is 5.11 Å². The fourth-order valence-electron chi connectivity index (χ4n) is 0.215. The molecule has 0 aliphatic carbocycles. The number of rotatable bonds is 2. The van der Waals surface area contributed by atoms with Crippen LogP contribution < -0.4 is 0 Å². The van der Waals surface area contributed by atoms with Crippen LogP contribution in [0.4, 0.5) is 0 Å². The molecule has 9 heavy (non-hydrogen) atoms. The quantitative estimate of drug-likeness (QED) is 0.234. The number of nitrogens with zero attached hydrogens (tertiary/aromatic N) is 3. The summed E-state index contributed by atoms with van der Waals surface area (Å²) in [4.78, 5) is 2.72. The molecular weight excluding hydrogens is 229 g/mol. The lowest BCUT2D eigenvalue weighted by Crippen LogP contribution is -2.23. The topological polar surface area (TPSA) is 48.8 Å². The van der Waals surface area contributed by atoms with Gasteiger partial charge in [0.25, 0.3) is 0 Å². The molecule has 0 aromatic carbocycles. The van der Waals surface area contributed by atoms with Gasteiger partial charge in [-0.3, -0.25) is 0 Å². The van der Waals surface area contributed by atoms with Gasteiger partial charge in [-0.2, -0.15) is 0 Å². The van der Waals surface area contributed by atoms with Gasteiger partial charge in [0.2, 0.25) is 0 Å². The zero-order valence-electron chi connectivity index (χ0n) is 5.80. The normalized spacial score (nSPS) is 14.2. The summed E-state index contributed by atoms with van der Waals surface area (Å²) in [5.41, 5.74) is 8.06. The Morgan fingerprint density at radius 2 is 2.11 bits per heavy atom. The molecule has 0 saturated carbocycles. The molecule has 0 aliphatic rings. The van der Waals surface area contributed by atoms with Gasteiger partial charge in [0.05, 0.1) is 0 Å². The molecule has 0 aromatic rings. The molecule has 0 bridgehead atoms. The Balaban J connectivity index is 4.03. The zero-order chi connectivity index (χ0) is 7.49. The molecular formula is C5H10IN3. The first-order valence-corrected chi connectivity index (χ1v) is 3.79. The maximum absolute atomic E-state index is 8.06. The van der Waals surface area contributed by atoms with E-state index in [2.05, 4.69) is 32.6 Å². The van der Waals surface area contributed by atoms with E-state index in [1.54, 1.807) is 0 Å². The van der Waals surface area contributed by atoms with E-state index in [1.165, 1.54) is 0 Å². The van der Waals surface area contributed by atoms with Crippen molar-refractivity contribution in [2.45, 2.75) is 30.2 Å². The predicted octanol–water partition coefficient (Wildman–Crippen LogP) is 2.90. The summed E-state index contributed by atoms with van der Waals surface area (Å²) in [6, 6.07) is 0.0584. The maximum atomic E-state index is 8.06. The molecule has 0 radical (unpaired) electrons. The van der Waals surface area contributed by atoms with E-state index in [-0.39, 0.29) is 9.46 Å². The van der Waals surface area contributed by atoms with E-state index in [0.717, 1.165) is 0 Å². The molecule has 0 saturated heterocycles. The number of hydrogen-bond donors (Lipinski definition) is 0. The van der Waals surface area contributed by atoms with Crippen molar-refractivity contribution in [2.75, 3.05) is 0 Å². The first-order valence-electron chi connectivity index (χ1n) is 2.71. The van der Waals surface area contributed by atoms with Gasteiger partial charge >= 0.3 is 0 Å². The van der Waals surface area contributed by atoms with Crippen LogP contribution in [0.25, 0.3) is 10.4 Å². The van der Waals surface area contributed by atoms with E-state index in [9.17, 15) is 0 Å². The second-order valence-electron chi connectivity index (χ2n) is 2.45. The van der Waals surface area contributed by atoms with Gasteiger partial charge in [-0.25, -0.2) is 0 Å². The molecule has 0 rings (SSSR count). The van der Waals surface area contributed by atoms with Gasteiger partial charge in [-0.05, 0) is 5.53 Å².